The maximum absolute atomic E-state index is 17.5. The van der Waals surface area contributed by atoms with Gasteiger partial charge in [-0.1, -0.05) is 44.2 Å². The molecule has 13 atom stereocenters. The van der Waals surface area contributed by atoms with E-state index < -0.39 is 95.3 Å². The van der Waals surface area contributed by atoms with Crippen LogP contribution in [0, 0.1) is 17.8 Å². The van der Waals surface area contributed by atoms with E-state index in [0.29, 0.717) is 19.3 Å². The van der Waals surface area contributed by atoms with Crippen molar-refractivity contribution >= 4 is 23.6 Å². The summed E-state index contributed by atoms with van der Waals surface area (Å²) in [5.41, 5.74) is -4.78. The molecule has 2 N–H and O–H groups in total. The summed E-state index contributed by atoms with van der Waals surface area (Å²) >= 11 is 0. The zero-order valence-electron chi connectivity index (χ0n) is 32.3. The number of halogens is 1. The first-order chi connectivity index (χ1) is 24.3. The van der Waals surface area contributed by atoms with Crippen molar-refractivity contribution in [2.24, 2.45) is 17.8 Å². The zero-order chi connectivity index (χ0) is 38.8. The number of esters is 1. The number of aryl methyl sites for hydroxylation is 1. The van der Waals surface area contributed by atoms with Crippen LogP contribution in [0.2, 0.25) is 0 Å². The Morgan fingerprint density at radius 2 is 1.71 bits per heavy atom. The monoisotopic (exact) mass is 734 g/mol. The van der Waals surface area contributed by atoms with Crippen LogP contribution in [0.3, 0.4) is 0 Å². The second-order valence-corrected chi connectivity index (χ2v) is 15.8. The van der Waals surface area contributed by atoms with E-state index in [9.17, 15) is 24.3 Å². The molecule has 0 aliphatic carbocycles. The minimum absolute atomic E-state index is 0.178. The summed E-state index contributed by atoms with van der Waals surface area (Å²) in [6, 6.07) is 8.25. The van der Waals surface area contributed by atoms with Crippen LogP contribution in [-0.4, -0.2) is 115 Å². The fourth-order valence-electron chi connectivity index (χ4n) is 8.47. The number of cyclic esters (lactones) is 1. The number of ether oxygens (including phenoxy) is 5. The number of benzene rings is 1. The zero-order valence-corrected chi connectivity index (χ0v) is 32.3. The van der Waals surface area contributed by atoms with Gasteiger partial charge >= 0.3 is 12.1 Å². The van der Waals surface area contributed by atoms with Crippen LogP contribution in [-0.2, 0) is 44.5 Å². The number of amides is 1. The molecule has 3 heterocycles. The van der Waals surface area contributed by atoms with Crippen molar-refractivity contribution in [2.45, 2.75) is 147 Å². The molecule has 12 nitrogen and oxygen atoms in total. The molecule has 1 aromatic rings. The number of aliphatic hydroxyl groups is 1. The van der Waals surface area contributed by atoms with Gasteiger partial charge in [0.2, 0.25) is 0 Å². The van der Waals surface area contributed by atoms with Crippen molar-refractivity contribution in [3.8, 4) is 0 Å². The summed E-state index contributed by atoms with van der Waals surface area (Å²) in [5.74, 6) is -5.76. The number of alkyl carbamates (subject to hydrolysis) is 1. The molecule has 3 aliphatic rings. The number of likely N-dealkylation sites (N-methyl/N-ethyl adjacent to an activating group) is 1. The van der Waals surface area contributed by atoms with Crippen LogP contribution in [0.5, 0.6) is 0 Å². The molecule has 3 fully saturated rings. The number of carbonyl (C=O) groups excluding carboxylic acids is 4. The standard InChI is InChI=1S/C39H59FN2O10/c1-11-28-39(7)31(41-36(47)52-39)26(19-15-18-25-16-13-12-14-17-25)32(45)37(5,40)21-38(6,48-10)33(23(3)29(43)24(4)34(46)50-28)51-35-30(44)27(42(8)9)20-22(2)49-35/h12-14,16-17,22-24,26-28,30-31,33,35,44H,11,15,18-21H2,1-10H3,(H,41,47)/t22-,23+,24-,26-,27+,28-,30-,31+,33-,35+,37+,38-,39-/m1/s1. The number of carbonyl (C=O) groups is 4. The molecule has 3 saturated heterocycles. The Bertz CT molecular complexity index is 1430. The second kappa shape index (κ2) is 16.6. The molecule has 1 aromatic carbocycles. The largest absolute Gasteiger partial charge is 0.458 e. The molecule has 13 heteroatoms. The van der Waals surface area contributed by atoms with Crippen molar-refractivity contribution in [1.82, 2.24) is 10.2 Å². The van der Waals surface area contributed by atoms with Crippen LogP contribution in [0.4, 0.5) is 9.18 Å². The number of fused-ring (bicyclic) bond motifs is 1. The number of aliphatic hydroxyl groups excluding tert-OH is 1. The van der Waals surface area contributed by atoms with Gasteiger partial charge in [-0.3, -0.25) is 14.4 Å². The molecule has 0 saturated carbocycles. The van der Waals surface area contributed by atoms with Gasteiger partial charge in [0.1, 0.15) is 18.1 Å². The maximum Gasteiger partial charge on any atom is 0.408 e. The number of nitrogens with zero attached hydrogens (tertiary/aromatic N) is 1. The first-order valence-corrected chi connectivity index (χ1v) is 18.5. The predicted molar refractivity (Wildman–Crippen MR) is 190 cm³/mol. The minimum Gasteiger partial charge on any atom is -0.458 e. The highest BCUT2D eigenvalue weighted by molar-refractivity contribution is 6.00. The third-order valence-electron chi connectivity index (χ3n) is 11.5. The highest BCUT2D eigenvalue weighted by Gasteiger charge is 2.60. The predicted octanol–water partition coefficient (Wildman–Crippen LogP) is 4.57. The van der Waals surface area contributed by atoms with E-state index in [0.717, 1.165) is 5.56 Å². The van der Waals surface area contributed by atoms with Crippen LogP contribution >= 0.6 is 0 Å². The van der Waals surface area contributed by atoms with E-state index >= 15 is 4.39 Å². The normalized spacial score (nSPS) is 40.8. The van der Waals surface area contributed by atoms with Gasteiger partial charge in [0.25, 0.3) is 0 Å². The van der Waals surface area contributed by atoms with Crippen LogP contribution in [0.1, 0.15) is 86.1 Å². The van der Waals surface area contributed by atoms with Gasteiger partial charge in [-0.25, -0.2) is 9.18 Å². The summed E-state index contributed by atoms with van der Waals surface area (Å²) in [6.07, 6.45) is -4.52. The van der Waals surface area contributed by atoms with E-state index in [1.54, 1.807) is 27.7 Å². The Labute approximate surface area is 307 Å². The molecule has 0 radical (unpaired) electrons. The summed E-state index contributed by atoms with van der Waals surface area (Å²) in [7, 11) is 4.99. The van der Waals surface area contributed by atoms with E-state index in [2.05, 4.69) is 5.32 Å². The number of nitrogens with one attached hydrogen (secondary N) is 1. The van der Waals surface area contributed by atoms with Gasteiger partial charge in [-0.2, -0.15) is 0 Å². The van der Waals surface area contributed by atoms with E-state index in [-0.39, 0.29) is 25.0 Å². The lowest BCUT2D eigenvalue weighted by molar-refractivity contribution is -0.296. The molecule has 1 amide bonds. The number of hydrogen-bond donors (Lipinski definition) is 2. The molecule has 0 aromatic heterocycles. The summed E-state index contributed by atoms with van der Waals surface area (Å²) in [6.45, 7) is 10.8. The molecule has 0 bridgehead atoms. The Hall–Kier alpha value is -2.97. The molecule has 0 spiro atoms. The van der Waals surface area contributed by atoms with Crippen LogP contribution in [0.15, 0.2) is 30.3 Å². The molecule has 292 valence electrons. The van der Waals surface area contributed by atoms with E-state index in [1.807, 2.05) is 56.3 Å². The first kappa shape index (κ1) is 41.8. The third-order valence-corrected chi connectivity index (χ3v) is 11.5. The number of ketones is 2. The fourth-order valence-corrected chi connectivity index (χ4v) is 8.47. The van der Waals surface area contributed by atoms with Crippen molar-refractivity contribution in [3.05, 3.63) is 35.9 Å². The van der Waals surface area contributed by atoms with Gasteiger partial charge < -0.3 is 39.0 Å². The topological polar surface area (TPSA) is 150 Å². The summed E-state index contributed by atoms with van der Waals surface area (Å²) in [4.78, 5) is 57.5. The highest BCUT2D eigenvalue weighted by atomic mass is 19.1. The van der Waals surface area contributed by atoms with Crippen molar-refractivity contribution in [3.63, 3.8) is 0 Å². The van der Waals surface area contributed by atoms with Crippen molar-refractivity contribution in [2.75, 3.05) is 21.2 Å². The van der Waals surface area contributed by atoms with Crippen LogP contribution in [0.25, 0.3) is 0 Å². The lowest BCUT2D eigenvalue weighted by atomic mass is 9.70. The maximum atomic E-state index is 17.5. The number of methoxy groups -OCH3 is 1. The van der Waals surface area contributed by atoms with Crippen LogP contribution < -0.4 is 5.32 Å². The molecular formula is C39H59FN2O10. The quantitative estimate of drug-likeness (QED) is 0.271. The van der Waals surface area contributed by atoms with Crippen molar-refractivity contribution in [1.29, 1.82) is 0 Å². The van der Waals surface area contributed by atoms with Gasteiger partial charge in [0, 0.05) is 31.4 Å². The lowest BCUT2D eigenvalue weighted by Crippen LogP contribution is -2.62. The Morgan fingerprint density at radius 3 is 2.31 bits per heavy atom. The SMILES string of the molecule is CC[C@H]1OC(=O)[C@H](C)C(=O)[C@H](C)[C@@H](O[C@@H]2O[C@H](C)C[C@H](N(C)C)[C@H]2O)[C@](C)(OC)C[C@](C)(F)C(=O)[C@H](CCCc2ccccc2)[C@@H]2NC(=O)O[C@]12C. The van der Waals surface area contributed by atoms with Gasteiger partial charge in [-0.15, -0.1) is 0 Å². The number of rotatable bonds is 9. The average molecular weight is 735 g/mol. The number of hydrogen-bond acceptors (Lipinski definition) is 11. The number of Topliss-reactive ketones (excluding diaryl/α,β-unsaturated/α-hetero) is 2. The Kier molecular flexibility index (Phi) is 13.3. The van der Waals surface area contributed by atoms with Gasteiger partial charge in [-0.05, 0) is 86.4 Å². The average Bonchev–Trinajstić information content (AvgIpc) is 3.41. The second-order valence-electron chi connectivity index (χ2n) is 15.8. The molecule has 52 heavy (non-hydrogen) atoms. The third kappa shape index (κ3) is 8.70. The number of alkyl halides is 1. The highest BCUT2D eigenvalue weighted by Crippen LogP contribution is 2.43. The Balaban J connectivity index is 1.82. The van der Waals surface area contributed by atoms with Crippen molar-refractivity contribution < 1.29 is 52.4 Å². The molecular weight excluding hydrogens is 675 g/mol. The summed E-state index contributed by atoms with van der Waals surface area (Å²) in [5, 5.41) is 14.1. The van der Waals surface area contributed by atoms with Gasteiger partial charge in [0.15, 0.2) is 29.1 Å². The fraction of sp³-hybridized carbons (Fsp3) is 0.744. The minimum atomic E-state index is -2.58. The summed E-state index contributed by atoms with van der Waals surface area (Å²) < 4.78 is 47.8. The molecule has 3 aliphatic heterocycles. The van der Waals surface area contributed by atoms with Gasteiger partial charge in [0.05, 0.1) is 23.9 Å². The smallest absolute Gasteiger partial charge is 0.408 e. The Morgan fingerprint density at radius 1 is 1.06 bits per heavy atom. The lowest BCUT2D eigenvalue weighted by Gasteiger charge is -2.47. The first-order valence-electron chi connectivity index (χ1n) is 18.5. The van der Waals surface area contributed by atoms with E-state index in [1.165, 1.54) is 21.0 Å². The molecule has 0 unspecified atom stereocenters. The molecule has 4 rings (SSSR count). The van der Waals surface area contributed by atoms with E-state index in [4.69, 9.17) is 23.7 Å².